The largest absolute Gasteiger partial charge is 0.391 e. The molecule has 1 aliphatic rings. The van der Waals surface area contributed by atoms with Gasteiger partial charge in [-0.15, -0.1) is 0 Å². The van der Waals surface area contributed by atoms with Gasteiger partial charge in [-0.2, -0.15) is 0 Å². The molecule has 0 aromatic heterocycles. The number of rotatable bonds is 2. The van der Waals surface area contributed by atoms with Crippen LogP contribution in [0.3, 0.4) is 0 Å². The van der Waals surface area contributed by atoms with Crippen LogP contribution in [0.25, 0.3) is 0 Å². The van der Waals surface area contributed by atoms with Gasteiger partial charge in [0.05, 0.1) is 12.1 Å². The van der Waals surface area contributed by atoms with Crippen LogP contribution in [0.15, 0.2) is 28.7 Å². The van der Waals surface area contributed by atoms with Gasteiger partial charge in [-0.1, -0.05) is 35.0 Å². The monoisotopic (exact) mass is 283 g/mol. The molecule has 0 spiro atoms. The molecule has 2 rings (SSSR count). The van der Waals surface area contributed by atoms with Crippen molar-refractivity contribution in [2.24, 2.45) is 0 Å². The highest BCUT2D eigenvalue weighted by Crippen LogP contribution is 2.32. The fourth-order valence-corrected chi connectivity index (χ4v) is 2.94. The second-order valence-electron chi connectivity index (χ2n) is 4.34. The summed E-state index contributed by atoms with van der Waals surface area (Å²) < 4.78 is 1.08. The molecule has 1 aromatic carbocycles. The number of aliphatic hydroxyl groups is 1. The van der Waals surface area contributed by atoms with Crippen LogP contribution in [-0.2, 0) is 0 Å². The van der Waals surface area contributed by atoms with Crippen molar-refractivity contribution >= 4 is 15.9 Å². The van der Waals surface area contributed by atoms with Gasteiger partial charge in [-0.25, -0.2) is 0 Å². The van der Waals surface area contributed by atoms with E-state index in [9.17, 15) is 5.11 Å². The molecule has 1 saturated heterocycles. The second-order valence-corrected chi connectivity index (χ2v) is 5.25. The summed E-state index contributed by atoms with van der Waals surface area (Å²) >= 11 is 3.49. The summed E-state index contributed by atoms with van der Waals surface area (Å²) in [7, 11) is 0. The zero-order valence-corrected chi connectivity index (χ0v) is 11.2. The molecule has 0 saturated carbocycles. The van der Waals surface area contributed by atoms with Crippen molar-refractivity contribution in [2.75, 3.05) is 13.1 Å². The number of likely N-dealkylation sites (tertiary alicyclic amines) is 1. The number of benzene rings is 1. The highest BCUT2D eigenvalue weighted by Gasteiger charge is 2.30. The van der Waals surface area contributed by atoms with Crippen molar-refractivity contribution in [1.29, 1.82) is 0 Å². The first-order valence-corrected chi connectivity index (χ1v) is 6.69. The fraction of sp³-hybridized carbons (Fsp3) is 0.538. The minimum atomic E-state index is -0.233. The third kappa shape index (κ3) is 2.47. The molecule has 3 heteroatoms. The first-order chi connectivity index (χ1) is 7.72. The van der Waals surface area contributed by atoms with Crippen LogP contribution in [0.4, 0.5) is 0 Å². The maximum absolute atomic E-state index is 10.2. The summed E-state index contributed by atoms with van der Waals surface area (Å²) in [5.41, 5.74) is 1.21. The molecule has 1 aliphatic heterocycles. The molecule has 1 heterocycles. The Kier molecular flexibility index (Phi) is 4.00. The van der Waals surface area contributed by atoms with E-state index in [0.29, 0.717) is 0 Å². The maximum atomic E-state index is 10.2. The quantitative estimate of drug-likeness (QED) is 0.902. The van der Waals surface area contributed by atoms with E-state index in [4.69, 9.17) is 0 Å². The molecule has 1 fully saturated rings. The Morgan fingerprint density at radius 2 is 2.31 bits per heavy atom. The standard InChI is InChI=1S/C13H18BrNO/c1-2-15-8-4-7-12(16)13(15)10-5-3-6-11(14)9-10/h3,5-6,9,12-13,16H,2,4,7-8H2,1H3. The van der Waals surface area contributed by atoms with Crippen molar-refractivity contribution in [3.63, 3.8) is 0 Å². The average molecular weight is 284 g/mol. The van der Waals surface area contributed by atoms with Gasteiger partial charge in [-0.3, -0.25) is 4.90 Å². The Morgan fingerprint density at radius 3 is 3.00 bits per heavy atom. The number of halogens is 1. The summed E-state index contributed by atoms with van der Waals surface area (Å²) in [5.74, 6) is 0. The number of hydrogen-bond donors (Lipinski definition) is 1. The first kappa shape index (κ1) is 12.1. The normalized spacial score (nSPS) is 26.9. The summed E-state index contributed by atoms with van der Waals surface area (Å²) in [6, 6.07) is 8.44. The third-order valence-electron chi connectivity index (χ3n) is 3.30. The lowest BCUT2D eigenvalue weighted by Gasteiger charge is -2.38. The van der Waals surface area contributed by atoms with Crippen LogP contribution >= 0.6 is 15.9 Å². The molecular formula is C13H18BrNO. The summed E-state index contributed by atoms with van der Waals surface area (Å²) in [4.78, 5) is 2.36. The Hall–Kier alpha value is -0.380. The highest BCUT2D eigenvalue weighted by atomic mass is 79.9. The minimum Gasteiger partial charge on any atom is -0.391 e. The lowest BCUT2D eigenvalue weighted by atomic mass is 9.92. The topological polar surface area (TPSA) is 23.5 Å². The minimum absolute atomic E-state index is 0.163. The number of piperidine rings is 1. The van der Waals surface area contributed by atoms with Crippen LogP contribution < -0.4 is 0 Å². The zero-order valence-electron chi connectivity index (χ0n) is 9.56. The third-order valence-corrected chi connectivity index (χ3v) is 3.79. The van der Waals surface area contributed by atoms with Crippen LogP contribution in [0.1, 0.15) is 31.4 Å². The predicted molar refractivity (Wildman–Crippen MR) is 69.4 cm³/mol. The van der Waals surface area contributed by atoms with E-state index in [0.717, 1.165) is 30.4 Å². The number of hydrogen-bond acceptors (Lipinski definition) is 2. The van der Waals surface area contributed by atoms with E-state index < -0.39 is 0 Å². The molecule has 2 nitrogen and oxygen atoms in total. The Bertz CT molecular complexity index is 356. The predicted octanol–water partition coefficient (Wildman–Crippen LogP) is 2.97. The number of likely N-dealkylation sites (N-methyl/N-ethyl adjacent to an activating group) is 1. The molecule has 16 heavy (non-hydrogen) atoms. The van der Waals surface area contributed by atoms with Crippen molar-refractivity contribution in [1.82, 2.24) is 4.90 Å². The Morgan fingerprint density at radius 1 is 1.50 bits per heavy atom. The molecule has 0 bridgehead atoms. The van der Waals surface area contributed by atoms with Gasteiger partial charge in [0.25, 0.3) is 0 Å². The van der Waals surface area contributed by atoms with Gasteiger partial charge in [0.2, 0.25) is 0 Å². The van der Waals surface area contributed by atoms with Crippen LogP contribution in [0.5, 0.6) is 0 Å². The van der Waals surface area contributed by atoms with Crippen molar-refractivity contribution in [2.45, 2.75) is 31.9 Å². The average Bonchev–Trinajstić information content (AvgIpc) is 2.28. The Balaban J connectivity index is 2.28. The van der Waals surface area contributed by atoms with Gasteiger partial charge in [0.1, 0.15) is 0 Å². The molecule has 1 aromatic rings. The lowest BCUT2D eigenvalue weighted by Crippen LogP contribution is -2.41. The van der Waals surface area contributed by atoms with E-state index in [1.54, 1.807) is 0 Å². The lowest BCUT2D eigenvalue weighted by molar-refractivity contribution is 0.0126. The summed E-state index contributed by atoms with van der Waals surface area (Å²) in [6.45, 7) is 4.24. The van der Waals surface area contributed by atoms with Gasteiger partial charge >= 0.3 is 0 Å². The van der Waals surface area contributed by atoms with Crippen LogP contribution in [0, 0.1) is 0 Å². The van der Waals surface area contributed by atoms with Crippen molar-refractivity contribution < 1.29 is 5.11 Å². The zero-order chi connectivity index (χ0) is 11.5. The van der Waals surface area contributed by atoms with Gasteiger partial charge < -0.3 is 5.11 Å². The highest BCUT2D eigenvalue weighted by molar-refractivity contribution is 9.10. The van der Waals surface area contributed by atoms with Gasteiger partial charge in [0, 0.05) is 4.47 Å². The van der Waals surface area contributed by atoms with E-state index >= 15 is 0 Å². The molecule has 2 atom stereocenters. The molecular weight excluding hydrogens is 266 g/mol. The summed E-state index contributed by atoms with van der Waals surface area (Å²) in [6.07, 6.45) is 1.77. The molecule has 0 amide bonds. The van der Waals surface area contributed by atoms with Crippen molar-refractivity contribution in [3.8, 4) is 0 Å². The summed E-state index contributed by atoms with van der Waals surface area (Å²) in [5, 5.41) is 10.2. The molecule has 0 aliphatic carbocycles. The van der Waals surface area contributed by atoms with E-state index in [1.807, 2.05) is 12.1 Å². The Labute approximate surface area is 105 Å². The van der Waals surface area contributed by atoms with Crippen LogP contribution in [-0.4, -0.2) is 29.2 Å². The smallest absolute Gasteiger partial charge is 0.0737 e. The molecule has 88 valence electrons. The van der Waals surface area contributed by atoms with E-state index in [1.165, 1.54) is 5.56 Å². The first-order valence-electron chi connectivity index (χ1n) is 5.90. The molecule has 0 radical (unpaired) electrons. The number of aliphatic hydroxyl groups excluding tert-OH is 1. The molecule has 2 unspecified atom stereocenters. The maximum Gasteiger partial charge on any atom is 0.0737 e. The molecule has 1 N–H and O–H groups in total. The second kappa shape index (κ2) is 5.30. The van der Waals surface area contributed by atoms with Crippen LogP contribution in [0.2, 0.25) is 0 Å². The van der Waals surface area contributed by atoms with E-state index in [-0.39, 0.29) is 12.1 Å². The van der Waals surface area contributed by atoms with E-state index in [2.05, 4.69) is 39.9 Å². The van der Waals surface area contributed by atoms with Crippen molar-refractivity contribution in [3.05, 3.63) is 34.3 Å². The SMILES string of the molecule is CCN1CCCC(O)C1c1cccc(Br)c1. The van der Waals surface area contributed by atoms with Gasteiger partial charge in [0.15, 0.2) is 0 Å². The number of nitrogens with zero attached hydrogens (tertiary/aromatic N) is 1. The van der Waals surface area contributed by atoms with Gasteiger partial charge in [-0.05, 0) is 43.6 Å². The fourth-order valence-electron chi connectivity index (χ4n) is 2.52.